The molecule has 3 rings (SSSR count). The number of H-pyrrole nitrogens is 1. The molecule has 2 aromatic rings. The van der Waals surface area contributed by atoms with Crippen molar-refractivity contribution >= 4 is 17.4 Å². The number of methoxy groups -OCH3 is 2. The zero-order valence-electron chi connectivity index (χ0n) is 16.9. The summed E-state index contributed by atoms with van der Waals surface area (Å²) < 4.78 is 10.3. The molecule has 0 radical (unpaired) electrons. The molecule has 7 nitrogen and oxygen atoms in total. The highest BCUT2D eigenvalue weighted by atomic mass is 16.5. The number of hydrogen-bond donors (Lipinski definition) is 2. The van der Waals surface area contributed by atoms with Gasteiger partial charge in [-0.15, -0.1) is 0 Å². The van der Waals surface area contributed by atoms with Crippen molar-refractivity contribution in [3.8, 4) is 5.75 Å². The number of benzene rings is 1. The van der Waals surface area contributed by atoms with E-state index in [0.717, 1.165) is 37.6 Å². The molecule has 28 heavy (non-hydrogen) atoms. The molecule has 7 heteroatoms. The smallest absolute Gasteiger partial charge is 0.339 e. The van der Waals surface area contributed by atoms with E-state index in [0.29, 0.717) is 29.1 Å². The molecule has 0 spiro atoms. The quantitative estimate of drug-likeness (QED) is 0.573. The number of aryl methyl sites for hydroxylation is 1. The van der Waals surface area contributed by atoms with Crippen LogP contribution in [0.3, 0.4) is 0 Å². The number of carbonyl (C=O) groups excluding carboxylic acids is 2. The van der Waals surface area contributed by atoms with Gasteiger partial charge in [0.15, 0.2) is 0 Å². The van der Waals surface area contributed by atoms with E-state index in [4.69, 9.17) is 9.47 Å². The number of Topliss-reactive ketones (excluding diaryl/α,β-unsaturated/α-hetero) is 1. The fourth-order valence-electron chi connectivity index (χ4n) is 3.88. The van der Waals surface area contributed by atoms with Gasteiger partial charge in [0.05, 0.1) is 57.3 Å². The Kier molecular flexibility index (Phi) is 6.04. The zero-order valence-corrected chi connectivity index (χ0v) is 16.9. The summed E-state index contributed by atoms with van der Waals surface area (Å²) in [5.41, 5.74) is 3.40. The van der Waals surface area contributed by atoms with Crippen LogP contribution in [0.25, 0.3) is 0 Å². The number of aromatic nitrogens is 1. The first kappa shape index (κ1) is 19.9. The lowest BCUT2D eigenvalue weighted by Crippen LogP contribution is -3.15. The van der Waals surface area contributed by atoms with Crippen LogP contribution in [-0.2, 0) is 4.74 Å². The Morgan fingerprint density at radius 3 is 2.46 bits per heavy atom. The van der Waals surface area contributed by atoms with Crippen LogP contribution in [0.5, 0.6) is 5.75 Å². The number of nitrogens with zero attached hydrogens (tertiary/aromatic N) is 1. The number of ketones is 1. The number of rotatable bonds is 6. The van der Waals surface area contributed by atoms with Crippen LogP contribution in [-0.4, -0.2) is 63.7 Å². The Labute approximate surface area is 165 Å². The summed E-state index contributed by atoms with van der Waals surface area (Å²) in [7, 11) is 3.03. The topological polar surface area (TPSA) is 76.1 Å². The van der Waals surface area contributed by atoms with Gasteiger partial charge in [-0.2, -0.15) is 0 Å². The molecule has 1 aliphatic heterocycles. The van der Waals surface area contributed by atoms with Gasteiger partial charge in [0.25, 0.3) is 0 Å². The molecule has 0 saturated carbocycles. The lowest BCUT2D eigenvalue weighted by molar-refractivity contribution is -0.892. The summed E-state index contributed by atoms with van der Waals surface area (Å²) in [6.07, 6.45) is 0. The van der Waals surface area contributed by atoms with Gasteiger partial charge >= 0.3 is 5.97 Å². The van der Waals surface area contributed by atoms with Gasteiger partial charge in [-0.3, -0.25) is 4.79 Å². The van der Waals surface area contributed by atoms with Crippen molar-refractivity contribution in [2.24, 2.45) is 0 Å². The number of nitrogens with one attached hydrogen (secondary N) is 2. The Balaban J connectivity index is 1.64. The second-order valence-corrected chi connectivity index (χ2v) is 7.13. The Morgan fingerprint density at radius 2 is 1.82 bits per heavy atom. The Hall–Kier alpha value is -2.80. The van der Waals surface area contributed by atoms with E-state index < -0.39 is 5.97 Å². The third-order valence-electron chi connectivity index (χ3n) is 5.41. The predicted octanol–water partition coefficient (Wildman–Crippen LogP) is 1.01. The molecule has 0 aliphatic carbocycles. The third-order valence-corrected chi connectivity index (χ3v) is 5.41. The van der Waals surface area contributed by atoms with Crippen LogP contribution in [0.15, 0.2) is 24.3 Å². The standard InChI is InChI=1S/C21H27N3O4/c1-14-19(21(26)28-4)15(2)22-20(14)17(25)13-23-9-11-24(12-10-23)16-7-5-6-8-18(16)27-3/h5-8,22H,9-13H2,1-4H3/p+1. The highest BCUT2D eigenvalue weighted by molar-refractivity contribution is 6.01. The molecule has 2 heterocycles. The van der Waals surface area contributed by atoms with Crippen molar-refractivity contribution in [2.45, 2.75) is 13.8 Å². The van der Waals surface area contributed by atoms with Crippen LogP contribution in [0.4, 0.5) is 5.69 Å². The minimum absolute atomic E-state index is 0.0245. The van der Waals surface area contributed by atoms with Crippen molar-refractivity contribution in [1.82, 2.24) is 4.98 Å². The van der Waals surface area contributed by atoms with Gasteiger partial charge in [-0.1, -0.05) is 12.1 Å². The highest BCUT2D eigenvalue weighted by Crippen LogP contribution is 2.27. The largest absolute Gasteiger partial charge is 0.495 e. The number of quaternary nitrogens is 1. The number of piperazine rings is 1. The fourth-order valence-corrected chi connectivity index (χ4v) is 3.88. The second-order valence-electron chi connectivity index (χ2n) is 7.13. The second kappa shape index (κ2) is 8.48. The minimum atomic E-state index is -0.414. The van der Waals surface area contributed by atoms with Gasteiger partial charge in [-0.25, -0.2) is 4.79 Å². The maximum Gasteiger partial charge on any atom is 0.339 e. The lowest BCUT2D eigenvalue weighted by Gasteiger charge is -2.34. The molecule has 1 aliphatic rings. The third kappa shape index (κ3) is 3.89. The normalized spacial score (nSPS) is 14.8. The van der Waals surface area contributed by atoms with Crippen LogP contribution >= 0.6 is 0 Å². The average molecular weight is 386 g/mol. The van der Waals surface area contributed by atoms with E-state index in [9.17, 15) is 9.59 Å². The zero-order chi connectivity index (χ0) is 20.3. The van der Waals surface area contributed by atoms with E-state index in [1.807, 2.05) is 18.2 Å². The van der Waals surface area contributed by atoms with Crippen molar-refractivity contribution in [3.05, 3.63) is 46.8 Å². The molecule has 1 aromatic heterocycles. The van der Waals surface area contributed by atoms with Crippen LogP contribution in [0.2, 0.25) is 0 Å². The molecule has 0 bridgehead atoms. The van der Waals surface area contributed by atoms with Crippen LogP contribution in [0.1, 0.15) is 32.1 Å². The first-order valence-corrected chi connectivity index (χ1v) is 9.48. The predicted molar refractivity (Wildman–Crippen MR) is 107 cm³/mol. The summed E-state index contributed by atoms with van der Waals surface area (Å²) in [4.78, 5) is 31.4. The molecule has 0 atom stereocenters. The number of esters is 1. The monoisotopic (exact) mass is 386 g/mol. The molecule has 1 saturated heterocycles. The van der Waals surface area contributed by atoms with Gasteiger partial charge < -0.3 is 24.3 Å². The molecule has 2 N–H and O–H groups in total. The number of aromatic amines is 1. The maximum atomic E-state index is 12.8. The summed E-state index contributed by atoms with van der Waals surface area (Å²) >= 11 is 0. The maximum absolute atomic E-state index is 12.8. The number of hydrogen-bond acceptors (Lipinski definition) is 5. The number of para-hydroxylation sites is 2. The average Bonchev–Trinajstić information content (AvgIpc) is 3.02. The van der Waals surface area contributed by atoms with Crippen molar-refractivity contribution in [2.75, 3.05) is 51.8 Å². The molecular formula is C21H28N3O4+. The van der Waals surface area contributed by atoms with Crippen molar-refractivity contribution in [3.63, 3.8) is 0 Å². The van der Waals surface area contributed by atoms with Crippen LogP contribution < -0.4 is 14.5 Å². The van der Waals surface area contributed by atoms with E-state index >= 15 is 0 Å². The molecule has 1 fully saturated rings. The Bertz CT molecular complexity index is 867. The first-order chi connectivity index (χ1) is 13.5. The summed E-state index contributed by atoms with van der Waals surface area (Å²) in [5, 5.41) is 0. The summed E-state index contributed by atoms with van der Waals surface area (Å²) in [6, 6.07) is 8.00. The molecule has 150 valence electrons. The van der Waals surface area contributed by atoms with Crippen molar-refractivity contribution in [1.29, 1.82) is 0 Å². The number of carbonyl (C=O) groups is 2. The molecule has 1 aromatic carbocycles. The SMILES string of the molecule is COC(=O)c1c(C)[nH]c(C(=O)C[NH+]2CCN(c3ccccc3OC)CC2)c1C. The van der Waals surface area contributed by atoms with Gasteiger partial charge in [0, 0.05) is 5.69 Å². The van der Waals surface area contributed by atoms with E-state index in [2.05, 4.69) is 16.0 Å². The minimum Gasteiger partial charge on any atom is -0.495 e. The number of ether oxygens (including phenoxy) is 2. The fraction of sp³-hybridized carbons (Fsp3) is 0.429. The lowest BCUT2D eigenvalue weighted by atomic mass is 10.1. The summed E-state index contributed by atoms with van der Waals surface area (Å²) in [6.45, 7) is 7.44. The van der Waals surface area contributed by atoms with Gasteiger partial charge in [-0.05, 0) is 31.5 Å². The number of anilines is 1. The summed E-state index contributed by atoms with van der Waals surface area (Å²) in [5.74, 6) is 0.481. The molecule has 0 amide bonds. The van der Waals surface area contributed by atoms with E-state index in [1.165, 1.54) is 12.0 Å². The highest BCUT2D eigenvalue weighted by Gasteiger charge is 2.27. The molecule has 0 unspecified atom stereocenters. The molecular weight excluding hydrogens is 358 g/mol. The Morgan fingerprint density at radius 1 is 1.14 bits per heavy atom. The first-order valence-electron chi connectivity index (χ1n) is 9.48. The van der Waals surface area contributed by atoms with Crippen LogP contribution in [0, 0.1) is 13.8 Å². The van der Waals surface area contributed by atoms with E-state index in [-0.39, 0.29) is 5.78 Å². The van der Waals surface area contributed by atoms with Gasteiger partial charge in [0.2, 0.25) is 5.78 Å². The van der Waals surface area contributed by atoms with Gasteiger partial charge in [0.1, 0.15) is 12.3 Å². The van der Waals surface area contributed by atoms with E-state index in [1.54, 1.807) is 21.0 Å². The van der Waals surface area contributed by atoms with Crippen molar-refractivity contribution < 1.29 is 24.0 Å².